The van der Waals surface area contributed by atoms with Gasteiger partial charge in [0.05, 0.1) is 6.61 Å². The third-order valence-corrected chi connectivity index (χ3v) is 3.64. The largest absolute Gasteiger partial charge is 0.477 e. The molecule has 0 aliphatic rings. The fraction of sp³-hybridized carbons (Fsp3) is 0.429. The van der Waals surface area contributed by atoms with Gasteiger partial charge in [-0.2, -0.15) is 4.98 Å². The molecule has 3 N–H and O–H groups in total. The molecule has 2 heterocycles. The molecule has 5 nitrogen and oxygen atoms in total. The first-order valence-corrected chi connectivity index (χ1v) is 7.38. The number of nitrogen functional groups attached to an aromatic ring is 1. The lowest BCUT2D eigenvalue weighted by atomic mass is 9.96. The second-order valence-corrected chi connectivity index (χ2v) is 6.52. The molecule has 0 bridgehead atoms. The van der Waals surface area contributed by atoms with Gasteiger partial charge in [-0.15, -0.1) is 11.3 Å². The van der Waals surface area contributed by atoms with Crippen molar-refractivity contribution in [2.45, 2.75) is 32.6 Å². The number of hydrazine groups is 1. The minimum atomic E-state index is -0.154. The van der Waals surface area contributed by atoms with Crippen LogP contribution in [0.2, 0.25) is 0 Å². The highest BCUT2D eigenvalue weighted by Gasteiger charge is 2.19. The van der Waals surface area contributed by atoms with Crippen molar-refractivity contribution in [2.24, 2.45) is 5.84 Å². The lowest BCUT2D eigenvalue weighted by Gasteiger charge is -2.18. The normalized spacial score (nSPS) is 11.4. The molecule has 0 radical (unpaired) electrons. The first-order valence-electron chi connectivity index (χ1n) is 6.50. The number of hydrogen-bond donors (Lipinski definition) is 2. The smallest absolute Gasteiger partial charge is 0.218 e. The van der Waals surface area contributed by atoms with E-state index < -0.39 is 0 Å². The van der Waals surface area contributed by atoms with Crippen LogP contribution in [0.15, 0.2) is 23.6 Å². The van der Waals surface area contributed by atoms with Crippen LogP contribution in [0.5, 0.6) is 5.88 Å². The summed E-state index contributed by atoms with van der Waals surface area (Å²) in [6, 6.07) is 5.85. The van der Waals surface area contributed by atoms with E-state index in [1.165, 1.54) is 4.88 Å². The maximum atomic E-state index is 5.72. The molecular formula is C14H20N4OS. The van der Waals surface area contributed by atoms with Gasteiger partial charge in [-0.3, -0.25) is 0 Å². The van der Waals surface area contributed by atoms with Crippen LogP contribution in [0.1, 0.15) is 31.5 Å². The maximum Gasteiger partial charge on any atom is 0.218 e. The average Bonchev–Trinajstić information content (AvgIpc) is 2.90. The van der Waals surface area contributed by atoms with Crippen molar-refractivity contribution in [3.05, 3.63) is 34.3 Å². The lowest BCUT2D eigenvalue weighted by molar-refractivity contribution is 0.306. The Balaban J connectivity index is 2.06. The summed E-state index contributed by atoms with van der Waals surface area (Å²) < 4.78 is 5.72. The average molecular weight is 292 g/mol. The van der Waals surface area contributed by atoms with Gasteiger partial charge in [0, 0.05) is 22.8 Å². The fourth-order valence-electron chi connectivity index (χ4n) is 1.62. The zero-order valence-corrected chi connectivity index (χ0v) is 12.8. The first-order chi connectivity index (χ1) is 9.49. The van der Waals surface area contributed by atoms with E-state index in [-0.39, 0.29) is 5.41 Å². The van der Waals surface area contributed by atoms with Crippen molar-refractivity contribution in [3.8, 4) is 5.88 Å². The molecule has 0 aliphatic heterocycles. The second kappa shape index (κ2) is 6.19. The zero-order chi connectivity index (χ0) is 14.6. The van der Waals surface area contributed by atoms with Gasteiger partial charge in [0.15, 0.2) is 0 Å². The van der Waals surface area contributed by atoms with Crippen LogP contribution < -0.4 is 16.0 Å². The van der Waals surface area contributed by atoms with Gasteiger partial charge in [0.1, 0.15) is 11.6 Å². The molecule has 0 saturated carbocycles. The molecule has 0 unspecified atom stereocenters. The molecule has 0 fully saturated rings. The molecule has 2 aromatic heterocycles. The van der Waals surface area contributed by atoms with Gasteiger partial charge in [0.2, 0.25) is 5.88 Å². The Morgan fingerprint density at radius 1 is 1.35 bits per heavy atom. The highest BCUT2D eigenvalue weighted by atomic mass is 32.1. The summed E-state index contributed by atoms with van der Waals surface area (Å²) in [6.45, 7) is 6.75. The van der Waals surface area contributed by atoms with Crippen molar-refractivity contribution < 1.29 is 4.74 Å². The molecule has 2 rings (SSSR count). The van der Waals surface area contributed by atoms with Crippen molar-refractivity contribution in [1.29, 1.82) is 0 Å². The third kappa shape index (κ3) is 3.91. The third-order valence-electron chi connectivity index (χ3n) is 2.70. The Hall–Kier alpha value is -1.66. The number of rotatable bonds is 5. The number of nitrogens with zero attached hydrogens (tertiary/aromatic N) is 2. The molecule has 0 aromatic carbocycles. The standard InChI is InChI=1S/C14H20N4OS/c1-14(2,3)13-16-11(18-15)9-12(17-13)19-7-6-10-5-4-8-20-10/h4-5,8-9H,6-7,15H2,1-3H3,(H,16,17,18). The van der Waals surface area contributed by atoms with Gasteiger partial charge in [-0.25, -0.2) is 10.8 Å². The Morgan fingerprint density at radius 3 is 2.75 bits per heavy atom. The summed E-state index contributed by atoms with van der Waals surface area (Å²) in [7, 11) is 0. The topological polar surface area (TPSA) is 73.1 Å². The maximum absolute atomic E-state index is 5.72. The summed E-state index contributed by atoms with van der Waals surface area (Å²) in [5.74, 6) is 7.27. The number of nitrogens with two attached hydrogens (primary N) is 1. The second-order valence-electron chi connectivity index (χ2n) is 5.49. The number of anilines is 1. The number of ether oxygens (including phenoxy) is 1. The van der Waals surface area contributed by atoms with Crippen molar-refractivity contribution >= 4 is 17.2 Å². The molecule has 0 amide bonds. The monoisotopic (exact) mass is 292 g/mol. The van der Waals surface area contributed by atoms with Gasteiger partial charge < -0.3 is 10.2 Å². The predicted octanol–water partition coefficient (Wildman–Crippen LogP) is 2.74. The number of nitrogens with one attached hydrogen (secondary N) is 1. The molecule has 0 aliphatic carbocycles. The SMILES string of the molecule is CC(C)(C)c1nc(NN)cc(OCCc2cccs2)n1. The number of thiophene rings is 1. The quantitative estimate of drug-likeness (QED) is 0.655. The summed E-state index contributed by atoms with van der Waals surface area (Å²) in [5, 5.41) is 2.06. The van der Waals surface area contributed by atoms with Crippen LogP contribution in [0.25, 0.3) is 0 Å². The van der Waals surface area contributed by atoms with Gasteiger partial charge in [-0.05, 0) is 11.4 Å². The first kappa shape index (κ1) is 14.7. The summed E-state index contributed by atoms with van der Waals surface area (Å²) >= 11 is 1.73. The molecule has 6 heteroatoms. The van der Waals surface area contributed by atoms with Crippen LogP contribution in [0, 0.1) is 0 Å². The van der Waals surface area contributed by atoms with E-state index in [9.17, 15) is 0 Å². The van der Waals surface area contributed by atoms with E-state index in [0.29, 0.717) is 24.1 Å². The Labute approximate surface area is 123 Å². The molecule has 0 spiro atoms. The Kier molecular flexibility index (Phi) is 4.57. The molecule has 0 atom stereocenters. The summed E-state index contributed by atoms with van der Waals surface area (Å²) in [6.07, 6.45) is 0.873. The molecule has 108 valence electrons. The van der Waals surface area contributed by atoms with Gasteiger partial charge in [-0.1, -0.05) is 26.8 Å². The molecule has 0 saturated heterocycles. The van der Waals surface area contributed by atoms with Crippen molar-refractivity contribution in [2.75, 3.05) is 12.0 Å². The van der Waals surface area contributed by atoms with Crippen LogP contribution >= 0.6 is 11.3 Å². The summed E-state index contributed by atoms with van der Waals surface area (Å²) in [5.41, 5.74) is 2.40. The van der Waals surface area contributed by atoms with E-state index in [2.05, 4.69) is 47.6 Å². The number of hydrogen-bond acceptors (Lipinski definition) is 6. The summed E-state index contributed by atoms with van der Waals surface area (Å²) in [4.78, 5) is 10.1. The van der Waals surface area contributed by atoms with Gasteiger partial charge >= 0.3 is 0 Å². The van der Waals surface area contributed by atoms with Crippen LogP contribution in [-0.4, -0.2) is 16.6 Å². The van der Waals surface area contributed by atoms with E-state index in [1.807, 2.05) is 6.07 Å². The molecule has 20 heavy (non-hydrogen) atoms. The lowest BCUT2D eigenvalue weighted by Crippen LogP contribution is -2.19. The van der Waals surface area contributed by atoms with E-state index in [0.717, 1.165) is 6.42 Å². The number of aromatic nitrogens is 2. The van der Waals surface area contributed by atoms with Crippen LogP contribution in [-0.2, 0) is 11.8 Å². The fourth-order valence-corrected chi connectivity index (χ4v) is 2.31. The zero-order valence-electron chi connectivity index (χ0n) is 12.0. The highest BCUT2D eigenvalue weighted by molar-refractivity contribution is 7.09. The van der Waals surface area contributed by atoms with Gasteiger partial charge in [0.25, 0.3) is 0 Å². The Bertz CT molecular complexity index is 549. The van der Waals surface area contributed by atoms with Crippen LogP contribution in [0.4, 0.5) is 5.82 Å². The van der Waals surface area contributed by atoms with Crippen LogP contribution in [0.3, 0.4) is 0 Å². The van der Waals surface area contributed by atoms with Crippen molar-refractivity contribution in [1.82, 2.24) is 9.97 Å². The Morgan fingerprint density at radius 2 is 2.15 bits per heavy atom. The highest BCUT2D eigenvalue weighted by Crippen LogP contribution is 2.23. The van der Waals surface area contributed by atoms with E-state index >= 15 is 0 Å². The minimum Gasteiger partial charge on any atom is -0.477 e. The van der Waals surface area contributed by atoms with E-state index in [4.69, 9.17) is 10.6 Å². The van der Waals surface area contributed by atoms with Crippen molar-refractivity contribution in [3.63, 3.8) is 0 Å². The van der Waals surface area contributed by atoms with E-state index in [1.54, 1.807) is 17.4 Å². The molecule has 2 aromatic rings. The predicted molar refractivity (Wildman–Crippen MR) is 82.1 cm³/mol. The molecular weight excluding hydrogens is 272 g/mol. The minimum absolute atomic E-state index is 0.154.